The van der Waals surface area contributed by atoms with E-state index in [-0.39, 0.29) is 0 Å². The number of hydrogen-bond acceptors (Lipinski definition) is 5. The van der Waals surface area contributed by atoms with Crippen molar-refractivity contribution in [1.82, 2.24) is 5.32 Å². The minimum Gasteiger partial charge on any atom is -0.394 e. The van der Waals surface area contributed by atoms with Crippen LogP contribution in [0.5, 0.6) is 0 Å². The maximum atomic E-state index is 12.5. The van der Waals surface area contributed by atoms with E-state index in [4.69, 9.17) is 0 Å². The van der Waals surface area contributed by atoms with Crippen LogP contribution in [-0.4, -0.2) is 57.3 Å². The van der Waals surface area contributed by atoms with E-state index >= 15 is 0 Å². The van der Waals surface area contributed by atoms with Crippen molar-refractivity contribution in [2.45, 2.75) is 257 Å². The summed E-state index contributed by atoms with van der Waals surface area (Å²) in [4.78, 5) is 12.5. The second-order valence-electron chi connectivity index (χ2n) is 15.1. The van der Waals surface area contributed by atoms with Gasteiger partial charge in [-0.05, 0) is 12.8 Å². The summed E-state index contributed by atoms with van der Waals surface area (Å²) in [6, 6.07) is -0.977. The number of carbonyl (C=O) groups is 1. The fourth-order valence-electron chi connectivity index (χ4n) is 6.88. The number of carbonyl (C=O) groups excluding carboxylic acids is 1. The van der Waals surface area contributed by atoms with Crippen LogP contribution in [0.2, 0.25) is 0 Å². The van der Waals surface area contributed by atoms with Crippen molar-refractivity contribution >= 4 is 5.91 Å². The van der Waals surface area contributed by atoms with Crippen LogP contribution < -0.4 is 5.32 Å². The zero-order chi connectivity index (χ0) is 35.3. The minimum absolute atomic E-state index is 0.375. The van der Waals surface area contributed by atoms with Crippen molar-refractivity contribution in [2.24, 2.45) is 0 Å². The molecule has 0 radical (unpaired) electrons. The van der Waals surface area contributed by atoms with Crippen LogP contribution in [0.25, 0.3) is 0 Å². The van der Waals surface area contributed by atoms with Crippen molar-refractivity contribution in [3.05, 3.63) is 0 Å². The van der Waals surface area contributed by atoms with Crippen LogP contribution in [0.1, 0.15) is 232 Å². The van der Waals surface area contributed by atoms with E-state index in [1.54, 1.807) is 0 Å². The predicted molar refractivity (Wildman–Crippen MR) is 205 cm³/mol. The van der Waals surface area contributed by atoms with E-state index in [1.165, 1.54) is 167 Å². The lowest BCUT2D eigenvalue weighted by molar-refractivity contribution is -0.132. The Balaban J connectivity index is 3.68. The monoisotopic (exact) mass is 684 g/mol. The standard InChI is InChI=1S/C42H85NO5/c1-3-5-7-9-11-13-15-17-18-19-20-21-22-23-24-26-28-30-32-34-36-40(46)42(48)43-38(37-44)41(47)39(45)35-33-31-29-27-25-16-14-12-10-8-6-4-2/h38-41,44-47H,3-37H2,1-2H3,(H,43,48)/t38-,39+,40+,41-/m1/s1. The molecule has 0 saturated carbocycles. The highest BCUT2D eigenvalue weighted by Crippen LogP contribution is 2.17. The van der Waals surface area contributed by atoms with Gasteiger partial charge in [0.2, 0.25) is 5.91 Å². The fourth-order valence-corrected chi connectivity index (χ4v) is 6.88. The normalized spacial score (nSPS) is 14.2. The van der Waals surface area contributed by atoms with Gasteiger partial charge < -0.3 is 25.7 Å². The van der Waals surface area contributed by atoms with E-state index in [2.05, 4.69) is 19.2 Å². The van der Waals surface area contributed by atoms with Gasteiger partial charge in [0.15, 0.2) is 0 Å². The molecule has 48 heavy (non-hydrogen) atoms. The van der Waals surface area contributed by atoms with Gasteiger partial charge >= 0.3 is 0 Å². The molecule has 6 heteroatoms. The fraction of sp³-hybridized carbons (Fsp3) is 0.976. The highest BCUT2D eigenvalue weighted by atomic mass is 16.3. The van der Waals surface area contributed by atoms with Crippen LogP contribution in [0, 0.1) is 0 Å². The van der Waals surface area contributed by atoms with Gasteiger partial charge in [-0.25, -0.2) is 0 Å². The van der Waals surface area contributed by atoms with Crippen LogP contribution >= 0.6 is 0 Å². The Kier molecular flexibility index (Phi) is 37.0. The first kappa shape index (κ1) is 47.3. The summed E-state index contributed by atoms with van der Waals surface area (Å²) in [6.45, 7) is 4.05. The number of unbranched alkanes of at least 4 members (excludes halogenated alkanes) is 30. The molecular formula is C42H85NO5. The smallest absolute Gasteiger partial charge is 0.249 e. The third-order valence-corrected chi connectivity index (χ3v) is 10.3. The average Bonchev–Trinajstić information content (AvgIpc) is 3.09. The summed E-state index contributed by atoms with van der Waals surface area (Å²) in [7, 11) is 0. The molecule has 0 spiro atoms. The summed E-state index contributed by atoms with van der Waals surface area (Å²) < 4.78 is 0. The number of aliphatic hydroxyl groups is 4. The summed E-state index contributed by atoms with van der Waals surface area (Å²) in [6.07, 6.45) is 38.4. The van der Waals surface area contributed by atoms with Crippen molar-refractivity contribution in [1.29, 1.82) is 0 Å². The molecule has 0 aromatic carbocycles. The molecule has 0 aliphatic rings. The summed E-state index contributed by atoms with van der Waals surface area (Å²) >= 11 is 0. The maximum absolute atomic E-state index is 12.5. The Labute approximate surface area is 299 Å². The molecule has 288 valence electrons. The first-order valence-corrected chi connectivity index (χ1v) is 21.4. The second-order valence-corrected chi connectivity index (χ2v) is 15.1. The first-order valence-electron chi connectivity index (χ1n) is 21.4. The van der Waals surface area contributed by atoms with Crippen molar-refractivity contribution < 1.29 is 25.2 Å². The van der Waals surface area contributed by atoms with Crippen LogP contribution in [0.15, 0.2) is 0 Å². The molecule has 6 nitrogen and oxygen atoms in total. The average molecular weight is 684 g/mol. The molecule has 4 atom stereocenters. The van der Waals surface area contributed by atoms with Crippen LogP contribution in [-0.2, 0) is 4.79 Å². The van der Waals surface area contributed by atoms with Crippen molar-refractivity contribution in [3.63, 3.8) is 0 Å². The lowest BCUT2D eigenvalue weighted by Crippen LogP contribution is -2.53. The topological polar surface area (TPSA) is 110 Å². The maximum Gasteiger partial charge on any atom is 0.249 e. The van der Waals surface area contributed by atoms with Gasteiger partial charge in [0, 0.05) is 0 Å². The van der Waals surface area contributed by atoms with Gasteiger partial charge in [-0.2, -0.15) is 0 Å². The van der Waals surface area contributed by atoms with Crippen LogP contribution in [0.3, 0.4) is 0 Å². The van der Waals surface area contributed by atoms with E-state index in [0.717, 1.165) is 38.5 Å². The third-order valence-electron chi connectivity index (χ3n) is 10.3. The minimum atomic E-state index is -1.25. The first-order chi connectivity index (χ1) is 23.5. The predicted octanol–water partition coefficient (Wildman–Crippen LogP) is 10.8. The second kappa shape index (κ2) is 37.6. The molecular weight excluding hydrogens is 598 g/mol. The van der Waals surface area contributed by atoms with Crippen LogP contribution in [0.4, 0.5) is 0 Å². The molecule has 0 heterocycles. The molecule has 1 amide bonds. The highest BCUT2D eigenvalue weighted by molar-refractivity contribution is 5.80. The molecule has 0 fully saturated rings. The van der Waals surface area contributed by atoms with Crippen molar-refractivity contribution in [3.8, 4) is 0 Å². The van der Waals surface area contributed by atoms with E-state index < -0.39 is 36.9 Å². The molecule has 0 unspecified atom stereocenters. The Morgan fingerprint density at radius 3 is 1.00 bits per heavy atom. The Bertz CT molecular complexity index is 648. The number of nitrogens with one attached hydrogen (secondary N) is 1. The lowest BCUT2D eigenvalue weighted by atomic mass is 9.99. The molecule has 0 aliphatic heterocycles. The van der Waals surface area contributed by atoms with Gasteiger partial charge in [-0.3, -0.25) is 4.79 Å². The van der Waals surface area contributed by atoms with Gasteiger partial charge in [0.25, 0.3) is 0 Å². The molecule has 0 bridgehead atoms. The lowest BCUT2D eigenvalue weighted by Gasteiger charge is -2.27. The third kappa shape index (κ3) is 31.3. The summed E-state index contributed by atoms with van der Waals surface area (Å²) in [5.41, 5.74) is 0. The zero-order valence-corrected chi connectivity index (χ0v) is 32.3. The quantitative estimate of drug-likeness (QED) is 0.0414. The molecule has 0 saturated heterocycles. The molecule has 5 N–H and O–H groups in total. The van der Waals surface area contributed by atoms with E-state index in [1.807, 2.05) is 0 Å². The van der Waals surface area contributed by atoms with Gasteiger partial charge in [0.1, 0.15) is 12.2 Å². The van der Waals surface area contributed by atoms with Crippen molar-refractivity contribution in [2.75, 3.05) is 6.61 Å². The Morgan fingerprint density at radius 2 is 0.708 bits per heavy atom. The number of aliphatic hydroxyl groups excluding tert-OH is 4. The van der Waals surface area contributed by atoms with Gasteiger partial charge in [0.05, 0.1) is 18.8 Å². The molecule has 0 aliphatic carbocycles. The van der Waals surface area contributed by atoms with Gasteiger partial charge in [-0.1, -0.05) is 219 Å². The molecule has 0 aromatic heterocycles. The van der Waals surface area contributed by atoms with E-state index in [0.29, 0.717) is 12.8 Å². The molecule has 0 aromatic rings. The number of rotatable bonds is 39. The SMILES string of the molecule is CCCCCCCCCCCCCCCCCCCCCC[C@H](O)C(=O)N[C@H](CO)[C@@H](O)[C@@H](O)CCCCCCCCCCCCCC. The largest absolute Gasteiger partial charge is 0.394 e. The number of amides is 1. The zero-order valence-electron chi connectivity index (χ0n) is 32.3. The summed E-state index contributed by atoms with van der Waals surface area (Å²) in [5, 5.41) is 43.6. The van der Waals surface area contributed by atoms with Gasteiger partial charge in [-0.15, -0.1) is 0 Å². The Hall–Kier alpha value is -0.690. The number of hydrogen-bond donors (Lipinski definition) is 5. The van der Waals surface area contributed by atoms with E-state index in [9.17, 15) is 25.2 Å². The summed E-state index contributed by atoms with van der Waals surface area (Å²) in [5.74, 6) is -0.580. The Morgan fingerprint density at radius 1 is 0.438 bits per heavy atom. The molecule has 0 rings (SSSR count). The highest BCUT2D eigenvalue weighted by Gasteiger charge is 2.28.